The zero-order valence-corrected chi connectivity index (χ0v) is 9.50. The van der Waals surface area contributed by atoms with Crippen LogP contribution in [0.5, 0.6) is 0 Å². The predicted octanol–water partition coefficient (Wildman–Crippen LogP) is 1.21. The van der Waals surface area contributed by atoms with Gasteiger partial charge >= 0.3 is 0 Å². The van der Waals surface area contributed by atoms with Gasteiger partial charge in [0.05, 0.1) is 11.6 Å². The number of amidine groups is 1. The number of aliphatic imine (C=N–C) groups is 1. The van der Waals surface area contributed by atoms with Crippen molar-refractivity contribution in [3.8, 4) is 0 Å². The fourth-order valence-corrected chi connectivity index (χ4v) is 1.56. The molecule has 0 aromatic carbocycles. The quantitative estimate of drug-likeness (QED) is 0.289. The van der Waals surface area contributed by atoms with Crippen LogP contribution in [0.15, 0.2) is 4.99 Å². The van der Waals surface area contributed by atoms with Gasteiger partial charge in [0.25, 0.3) is 0 Å². The topological polar surface area (TPSA) is 59.6 Å². The number of ether oxygens (including phenoxy) is 1. The summed E-state index contributed by atoms with van der Waals surface area (Å²) in [5.41, 5.74) is 2.53. The average molecular weight is 199 g/mol. The van der Waals surface area contributed by atoms with Crippen LogP contribution in [-0.4, -0.2) is 23.6 Å². The first-order chi connectivity index (χ1) is 6.42. The van der Waals surface area contributed by atoms with Gasteiger partial charge < -0.3 is 10.2 Å². The van der Waals surface area contributed by atoms with E-state index in [0.717, 1.165) is 18.7 Å². The van der Waals surface area contributed by atoms with Gasteiger partial charge in [-0.25, -0.2) is 5.84 Å². The van der Waals surface area contributed by atoms with Crippen LogP contribution in [0.1, 0.15) is 40.5 Å². The van der Waals surface area contributed by atoms with E-state index in [0.29, 0.717) is 6.10 Å². The summed E-state index contributed by atoms with van der Waals surface area (Å²) in [5, 5.41) is 0. The molecule has 0 spiro atoms. The van der Waals surface area contributed by atoms with E-state index in [1.807, 2.05) is 20.8 Å². The number of hydrogen-bond donors (Lipinski definition) is 2. The van der Waals surface area contributed by atoms with Crippen LogP contribution in [0.3, 0.4) is 0 Å². The molecule has 1 heterocycles. The molecule has 0 aromatic rings. The molecule has 2 unspecified atom stereocenters. The van der Waals surface area contributed by atoms with Crippen LogP contribution >= 0.6 is 0 Å². The van der Waals surface area contributed by atoms with E-state index in [2.05, 4.69) is 17.3 Å². The summed E-state index contributed by atoms with van der Waals surface area (Å²) in [6, 6.07) is 0. The molecule has 1 fully saturated rings. The summed E-state index contributed by atoms with van der Waals surface area (Å²) < 4.78 is 5.69. The normalized spacial score (nSPS) is 29.4. The lowest BCUT2D eigenvalue weighted by Crippen LogP contribution is -2.41. The smallest absolute Gasteiger partial charge is 0.141 e. The van der Waals surface area contributed by atoms with Gasteiger partial charge in [-0.1, -0.05) is 0 Å². The first-order valence-electron chi connectivity index (χ1n) is 5.14. The molecule has 1 saturated heterocycles. The monoisotopic (exact) mass is 199 g/mol. The van der Waals surface area contributed by atoms with Crippen molar-refractivity contribution in [3.05, 3.63) is 0 Å². The lowest BCUT2D eigenvalue weighted by atomic mass is 10.1. The molecule has 4 heteroatoms. The van der Waals surface area contributed by atoms with E-state index in [9.17, 15) is 0 Å². The van der Waals surface area contributed by atoms with E-state index in [1.54, 1.807) is 0 Å². The van der Waals surface area contributed by atoms with Crippen LogP contribution in [-0.2, 0) is 4.74 Å². The summed E-state index contributed by atoms with van der Waals surface area (Å²) in [6.45, 7) is 8.21. The number of hydrazine groups is 1. The highest BCUT2D eigenvalue weighted by molar-refractivity contribution is 5.86. The molecule has 4 nitrogen and oxygen atoms in total. The van der Waals surface area contributed by atoms with Gasteiger partial charge in [-0.2, -0.15) is 0 Å². The second kappa shape index (κ2) is 4.28. The number of nitrogens with zero attached hydrogens (tertiary/aromatic N) is 1. The first-order valence-corrected chi connectivity index (χ1v) is 5.14. The average Bonchev–Trinajstić information content (AvgIpc) is 2.46. The molecule has 1 aliphatic rings. The van der Waals surface area contributed by atoms with Gasteiger partial charge in [-0.3, -0.25) is 4.99 Å². The Hall–Kier alpha value is -0.610. The second-order valence-electron chi connectivity index (χ2n) is 4.82. The molecule has 2 atom stereocenters. The Labute approximate surface area is 85.9 Å². The molecular formula is C10H21N3O. The van der Waals surface area contributed by atoms with Crippen LogP contribution < -0.4 is 11.3 Å². The standard InChI is InChI=1S/C10H21N3O/c1-7-5-6-8(14-7)9(13-11)12-10(2,3)4/h7-8H,5-6,11H2,1-4H3,(H,12,13). The highest BCUT2D eigenvalue weighted by Gasteiger charge is 2.27. The molecule has 0 amide bonds. The van der Waals surface area contributed by atoms with E-state index in [1.165, 1.54) is 0 Å². The molecular weight excluding hydrogens is 178 g/mol. The van der Waals surface area contributed by atoms with Crippen molar-refractivity contribution >= 4 is 5.84 Å². The highest BCUT2D eigenvalue weighted by Crippen LogP contribution is 2.20. The van der Waals surface area contributed by atoms with Gasteiger partial charge in [0.2, 0.25) is 0 Å². The highest BCUT2D eigenvalue weighted by atomic mass is 16.5. The van der Waals surface area contributed by atoms with E-state index in [4.69, 9.17) is 10.6 Å². The summed E-state index contributed by atoms with van der Waals surface area (Å²) in [5.74, 6) is 6.21. The lowest BCUT2D eigenvalue weighted by molar-refractivity contribution is 0.0912. The molecule has 0 saturated carbocycles. The Morgan fingerprint density at radius 3 is 2.43 bits per heavy atom. The van der Waals surface area contributed by atoms with Crippen molar-refractivity contribution in [2.75, 3.05) is 0 Å². The zero-order chi connectivity index (χ0) is 10.8. The first kappa shape index (κ1) is 11.5. The van der Waals surface area contributed by atoms with Crippen LogP contribution in [0.25, 0.3) is 0 Å². The molecule has 0 aromatic heterocycles. The largest absolute Gasteiger partial charge is 0.367 e. The minimum Gasteiger partial charge on any atom is -0.367 e. The summed E-state index contributed by atoms with van der Waals surface area (Å²) in [4.78, 5) is 4.50. The number of nitrogens with one attached hydrogen (secondary N) is 1. The van der Waals surface area contributed by atoms with Crippen molar-refractivity contribution in [2.24, 2.45) is 10.8 Å². The minimum atomic E-state index is -0.114. The predicted molar refractivity (Wildman–Crippen MR) is 58.1 cm³/mol. The third-order valence-corrected chi connectivity index (χ3v) is 2.14. The maximum atomic E-state index is 5.69. The SMILES string of the molecule is CC1CCC(C(=NC(C)(C)C)NN)O1. The number of hydrogen-bond acceptors (Lipinski definition) is 3. The van der Waals surface area contributed by atoms with E-state index >= 15 is 0 Å². The molecule has 14 heavy (non-hydrogen) atoms. The van der Waals surface area contributed by atoms with Crippen LogP contribution in [0.4, 0.5) is 0 Å². The van der Waals surface area contributed by atoms with Crippen LogP contribution in [0.2, 0.25) is 0 Å². The van der Waals surface area contributed by atoms with E-state index in [-0.39, 0.29) is 11.6 Å². The summed E-state index contributed by atoms with van der Waals surface area (Å²) >= 11 is 0. The summed E-state index contributed by atoms with van der Waals surface area (Å²) in [6.07, 6.45) is 2.45. The second-order valence-corrected chi connectivity index (χ2v) is 4.82. The lowest BCUT2D eigenvalue weighted by Gasteiger charge is -2.19. The maximum Gasteiger partial charge on any atom is 0.141 e. The fraction of sp³-hybridized carbons (Fsp3) is 0.900. The molecule has 0 radical (unpaired) electrons. The van der Waals surface area contributed by atoms with Gasteiger partial charge in [0, 0.05) is 0 Å². The van der Waals surface area contributed by atoms with Gasteiger partial charge in [-0.15, -0.1) is 0 Å². The molecule has 1 rings (SSSR count). The minimum absolute atomic E-state index is 0.0502. The Balaban J connectivity index is 2.67. The molecule has 1 aliphatic heterocycles. The maximum absolute atomic E-state index is 5.69. The Morgan fingerprint density at radius 2 is 2.07 bits per heavy atom. The summed E-state index contributed by atoms with van der Waals surface area (Å²) in [7, 11) is 0. The van der Waals surface area contributed by atoms with Crippen molar-refractivity contribution in [1.82, 2.24) is 5.43 Å². The molecule has 0 bridgehead atoms. The van der Waals surface area contributed by atoms with Gasteiger partial charge in [0.1, 0.15) is 11.9 Å². The number of rotatable bonds is 1. The van der Waals surface area contributed by atoms with Crippen LogP contribution in [0, 0.1) is 0 Å². The molecule has 82 valence electrons. The zero-order valence-electron chi connectivity index (χ0n) is 9.50. The van der Waals surface area contributed by atoms with Crippen molar-refractivity contribution in [1.29, 1.82) is 0 Å². The van der Waals surface area contributed by atoms with Crippen molar-refractivity contribution in [2.45, 2.75) is 58.3 Å². The fourth-order valence-electron chi connectivity index (χ4n) is 1.56. The Bertz CT molecular complexity index is 220. The van der Waals surface area contributed by atoms with E-state index < -0.39 is 0 Å². The number of nitrogens with two attached hydrogens (primary N) is 1. The third kappa shape index (κ3) is 3.27. The van der Waals surface area contributed by atoms with Gasteiger partial charge in [0.15, 0.2) is 0 Å². The van der Waals surface area contributed by atoms with Crippen molar-refractivity contribution in [3.63, 3.8) is 0 Å². The Kier molecular flexibility index (Phi) is 3.50. The third-order valence-electron chi connectivity index (χ3n) is 2.14. The van der Waals surface area contributed by atoms with Crippen molar-refractivity contribution < 1.29 is 4.74 Å². The van der Waals surface area contributed by atoms with Gasteiger partial charge in [-0.05, 0) is 40.5 Å². The molecule has 3 N–H and O–H groups in total. The Morgan fingerprint density at radius 1 is 1.43 bits per heavy atom. The molecule has 0 aliphatic carbocycles.